The third-order valence-electron chi connectivity index (χ3n) is 1.98. The Morgan fingerprint density at radius 2 is 2.29 bits per heavy atom. The maximum absolute atomic E-state index is 7.31. The molecular formula is C9H9ClN4. The summed E-state index contributed by atoms with van der Waals surface area (Å²) in [5, 5.41) is 7.78. The minimum absolute atomic E-state index is 0.0439. The number of amidine groups is 1. The Morgan fingerprint density at radius 1 is 1.57 bits per heavy atom. The first-order chi connectivity index (χ1) is 6.58. The average Bonchev–Trinajstić information content (AvgIpc) is 2.42. The van der Waals surface area contributed by atoms with Gasteiger partial charge in [0.2, 0.25) is 0 Å². The van der Waals surface area contributed by atoms with Crippen molar-refractivity contribution in [1.82, 2.24) is 9.97 Å². The van der Waals surface area contributed by atoms with E-state index >= 15 is 0 Å². The molecule has 72 valence electrons. The van der Waals surface area contributed by atoms with Gasteiger partial charge >= 0.3 is 0 Å². The van der Waals surface area contributed by atoms with Gasteiger partial charge in [0.05, 0.1) is 16.1 Å². The third kappa shape index (κ3) is 1.33. The van der Waals surface area contributed by atoms with E-state index < -0.39 is 0 Å². The Bertz CT molecular complexity index is 515. The van der Waals surface area contributed by atoms with E-state index in [4.69, 9.17) is 22.7 Å². The number of aryl methyl sites for hydroxylation is 1. The third-order valence-corrected chi connectivity index (χ3v) is 2.29. The molecule has 4 nitrogen and oxygen atoms in total. The van der Waals surface area contributed by atoms with E-state index in [0.717, 1.165) is 16.9 Å². The molecule has 0 unspecified atom stereocenters. The summed E-state index contributed by atoms with van der Waals surface area (Å²) in [6, 6.07) is 3.44. The molecule has 2 rings (SSSR count). The first-order valence-electron chi connectivity index (χ1n) is 4.08. The number of halogens is 1. The number of fused-ring (bicyclic) bond motifs is 1. The van der Waals surface area contributed by atoms with E-state index in [-0.39, 0.29) is 5.84 Å². The fourth-order valence-corrected chi connectivity index (χ4v) is 1.63. The summed E-state index contributed by atoms with van der Waals surface area (Å²) in [5.41, 5.74) is 7.53. The van der Waals surface area contributed by atoms with E-state index in [9.17, 15) is 0 Å². The summed E-state index contributed by atoms with van der Waals surface area (Å²) in [5.74, 6) is 0.773. The van der Waals surface area contributed by atoms with Crippen LogP contribution in [0.4, 0.5) is 0 Å². The number of aromatic nitrogens is 2. The second kappa shape index (κ2) is 2.99. The second-order valence-corrected chi connectivity index (χ2v) is 3.49. The van der Waals surface area contributed by atoms with Gasteiger partial charge in [-0.25, -0.2) is 4.98 Å². The fraction of sp³-hybridized carbons (Fsp3) is 0.111. The van der Waals surface area contributed by atoms with Gasteiger partial charge in [0.25, 0.3) is 0 Å². The molecule has 1 heterocycles. The van der Waals surface area contributed by atoms with Crippen molar-refractivity contribution in [2.75, 3.05) is 0 Å². The molecule has 1 aromatic carbocycles. The van der Waals surface area contributed by atoms with Gasteiger partial charge in [-0.3, -0.25) is 5.41 Å². The van der Waals surface area contributed by atoms with Crippen LogP contribution in [0.1, 0.15) is 11.4 Å². The largest absolute Gasteiger partial charge is 0.384 e. The van der Waals surface area contributed by atoms with E-state index in [2.05, 4.69) is 9.97 Å². The molecule has 0 aliphatic heterocycles. The van der Waals surface area contributed by atoms with Crippen molar-refractivity contribution >= 4 is 28.5 Å². The zero-order chi connectivity index (χ0) is 10.3. The lowest BCUT2D eigenvalue weighted by Gasteiger charge is -2.00. The van der Waals surface area contributed by atoms with Crippen LogP contribution < -0.4 is 5.73 Å². The first kappa shape index (κ1) is 9.02. The Hall–Kier alpha value is -1.55. The van der Waals surface area contributed by atoms with Crippen LogP contribution in [0.5, 0.6) is 0 Å². The van der Waals surface area contributed by atoms with Crippen molar-refractivity contribution in [3.8, 4) is 0 Å². The highest BCUT2D eigenvalue weighted by Gasteiger charge is 2.07. The molecule has 4 N–H and O–H groups in total. The number of nitrogens with two attached hydrogens (primary N) is 1. The van der Waals surface area contributed by atoms with Gasteiger partial charge < -0.3 is 10.7 Å². The molecule has 0 amide bonds. The molecule has 5 heteroatoms. The predicted molar refractivity (Wildman–Crippen MR) is 56.9 cm³/mol. The topological polar surface area (TPSA) is 78.6 Å². The van der Waals surface area contributed by atoms with Gasteiger partial charge in [0, 0.05) is 5.56 Å². The zero-order valence-corrected chi connectivity index (χ0v) is 8.31. The quantitative estimate of drug-likeness (QED) is 0.494. The molecule has 0 spiro atoms. The SMILES string of the molecule is Cc1nc2cc(C(=N)N)c(Cl)cc2[nH]1. The standard InChI is InChI=1S/C9H9ClN4/c1-4-13-7-2-5(9(11)12)6(10)3-8(7)14-4/h2-3H,1H3,(H3,11,12)(H,13,14). The molecule has 0 saturated heterocycles. The number of rotatable bonds is 1. The molecule has 2 aromatic rings. The van der Waals surface area contributed by atoms with Gasteiger partial charge in [0.15, 0.2) is 0 Å². The van der Waals surface area contributed by atoms with Crippen LogP contribution >= 0.6 is 11.6 Å². The Kier molecular flexibility index (Phi) is 1.93. The van der Waals surface area contributed by atoms with Gasteiger partial charge in [0.1, 0.15) is 11.7 Å². The molecule has 14 heavy (non-hydrogen) atoms. The highest BCUT2D eigenvalue weighted by atomic mass is 35.5. The van der Waals surface area contributed by atoms with Gasteiger partial charge in [-0.15, -0.1) is 0 Å². The molecule has 0 aliphatic carbocycles. The van der Waals surface area contributed by atoms with E-state index in [0.29, 0.717) is 10.6 Å². The molecule has 0 aliphatic rings. The number of H-pyrrole nitrogens is 1. The first-order valence-corrected chi connectivity index (χ1v) is 4.46. The molecule has 0 bridgehead atoms. The van der Waals surface area contributed by atoms with Crippen LogP contribution in [0, 0.1) is 12.3 Å². The normalized spacial score (nSPS) is 10.7. The number of hydrogen-bond donors (Lipinski definition) is 3. The van der Waals surface area contributed by atoms with Crippen LogP contribution in [0.15, 0.2) is 12.1 Å². The number of aromatic amines is 1. The molecular weight excluding hydrogens is 200 g/mol. The highest BCUT2D eigenvalue weighted by molar-refractivity contribution is 6.34. The number of nitrogens with one attached hydrogen (secondary N) is 2. The van der Waals surface area contributed by atoms with Crippen molar-refractivity contribution in [3.63, 3.8) is 0 Å². The van der Waals surface area contributed by atoms with Crippen molar-refractivity contribution in [1.29, 1.82) is 5.41 Å². The predicted octanol–water partition coefficient (Wildman–Crippen LogP) is 1.81. The maximum Gasteiger partial charge on any atom is 0.124 e. The summed E-state index contributed by atoms with van der Waals surface area (Å²) in [7, 11) is 0. The molecule has 0 radical (unpaired) electrons. The van der Waals surface area contributed by atoms with Gasteiger partial charge in [-0.05, 0) is 19.1 Å². The van der Waals surface area contributed by atoms with E-state index in [1.54, 1.807) is 12.1 Å². The summed E-state index contributed by atoms with van der Waals surface area (Å²) >= 11 is 5.94. The van der Waals surface area contributed by atoms with Crippen molar-refractivity contribution in [3.05, 3.63) is 28.5 Å². The number of benzene rings is 1. The lowest BCUT2D eigenvalue weighted by Crippen LogP contribution is -2.11. The van der Waals surface area contributed by atoms with Crippen LogP contribution in [0.3, 0.4) is 0 Å². The Balaban J connectivity index is 2.76. The zero-order valence-electron chi connectivity index (χ0n) is 7.56. The minimum atomic E-state index is -0.0439. The molecule has 1 aromatic heterocycles. The summed E-state index contributed by atoms with van der Waals surface area (Å²) in [4.78, 5) is 7.29. The van der Waals surface area contributed by atoms with Crippen molar-refractivity contribution < 1.29 is 0 Å². The maximum atomic E-state index is 7.31. The van der Waals surface area contributed by atoms with Crippen LogP contribution in [-0.4, -0.2) is 15.8 Å². The van der Waals surface area contributed by atoms with Crippen LogP contribution in [0.2, 0.25) is 5.02 Å². The lowest BCUT2D eigenvalue weighted by atomic mass is 10.2. The number of hydrogen-bond acceptors (Lipinski definition) is 2. The summed E-state index contributed by atoms with van der Waals surface area (Å²) in [6.45, 7) is 1.86. The van der Waals surface area contributed by atoms with Crippen molar-refractivity contribution in [2.45, 2.75) is 6.92 Å². The van der Waals surface area contributed by atoms with E-state index in [1.165, 1.54) is 0 Å². The summed E-state index contributed by atoms with van der Waals surface area (Å²) in [6.07, 6.45) is 0. The molecule has 0 saturated carbocycles. The highest BCUT2D eigenvalue weighted by Crippen LogP contribution is 2.22. The van der Waals surface area contributed by atoms with Crippen molar-refractivity contribution in [2.24, 2.45) is 5.73 Å². The Morgan fingerprint density at radius 3 is 2.93 bits per heavy atom. The smallest absolute Gasteiger partial charge is 0.124 e. The molecule has 0 fully saturated rings. The van der Waals surface area contributed by atoms with Crippen LogP contribution in [0.25, 0.3) is 11.0 Å². The number of nitrogens with zero attached hydrogens (tertiary/aromatic N) is 1. The lowest BCUT2D eigenvalue weighted by molar-refractivity contribution is 1.17. The Labute approximate surface area is 85.6 Å². The second-order valence-electron chi connectivity index (χ2n) is 3.09. The summed E-state index contributed by atoms with van der Waals surface area (Å²) < 4.78 is 0. The number of imidazole rings is 1. The van der Waals surface area contributed by atoms with Gasteiger partial charge in [-0.2, -0.15) is 0 Å². The van der Waals surface area contributed by atoms with E-state index in [1.807, 2.05) is 6.92 Å². The minimum Gasteiger partial charge on any atom is -0.384 e. The fourth-order valence-electron chi connectivity index (χ4n) is 1.36. The number of nitrogen functional groups attached to an aromatic ring is 1. The van der Waals surface area contributed by atoms with Crippen LogP contribution in [-0.2, 0) is 0 Å². The average molecular weight is 209 g/mol. The van der Waals surface area contributed by atoms with Gasteiger partial charge in [-0.1, -0.05) is 11.6 Å². The molecule has 0 atom stereocenters. The monoisotopic (exact) mass is 208 g/mol.